The molecule has 0 radical (unpaired) electrons. The lowest BCUT2D eigenvalue weighted by molar-refractivity contribution is -0.132. The minimum atomic E-state index is -0.106. The van der Waals surface area contributed by atoms with Crippen LogP contribution in [0.4, 0.5) is 0 Å². The van der Waals surface area contributed by atoms with Gasteiger partial charge in [-0.25, -0.2) is 4.98 Å². The molecule has 5 rings (SSSR count). The molecule has 1 amide bonds. The summed E-state index contributed by atoms with van der Waals surface area (Å²) >= 11 is 0. The van der Waals surface area contributed by atoms with Crippen LogP contribution in [0.2, 0.25) is 0 Å². The molecule has 1 aliphatic rings. The number of hydrogen-bond donors (Lipinski definition) is 0. The number of pyridine rings is 1. The molecule has 0 bridgehead atoms. The molecule has 1 aliphatic heterocycles. The maximum Gasteiger partial charge on any atom is 0.276 e. The van der Waals surface area contributed by atoms with E-state index in [1.54, 1.807) is 10.8 Å². The van der Waals surface area contributed by atoms with Crippen molar-refractivity contribution in [1.29, 1.82) is 0 Å². The maximum absolute atomic E-state index is 13.0. The van der Waals surface area contributed by atoms with Crippen molar-refractivity contribution in [2.75, 3.05) is 13.1 Å². The van der Waals surface area contributed by atoms with Crippen molar-refractivity contribution in [3.63, 3.8) is 0 Å². The number of carbonyl (C=O) groups excluding carboxylic acids is 1. The number of likely N-dealkylation sites (tertiary alicyclic amines) is 1. The van der Waals surface area contributed by atoms with Crippen LogP contribution in [-0.2, 0) is 17.8 Å². The molecule has 3 aromatic heterocycles. The largest absolute Gasteiger partial charge is 0.343 e. The van der Waals surface area contributed by atoms with Crippen molar-refractivity contribution in [1.82, 2.24) is 18.9 Å². The van der Waals surface area contributed by atoms with Crippen LogP contribution in [0.3, 0.4) is 0 Å². The van der Waals surface area contributed by atoms with E-state index in [-0.39, 0.29) is 11.5 Å². The fraction of sp³-hybridized carbons (Fsp3) is 0.320. The van der Waals surface area contributed by atoms with Gasteiger partial charge in [-0.3, -0.25) is 14.2 Å². The third-order valence-corrected chi connectivity index (χ3v) is 6.38. The van der Waals surface area contributed by atoms with Gasteiger partial charge in [-0.05, 0) is 55.0 Å². The Bertz CT molecular complexity index is 1270. The first-order valence-corrected chi connectivity index (χ1v) is 11.0. The molecule has 0 saturated carbocycles. The average Bonchev–Trinajstić information content (AvgIpc) is 3.31. The zero-order chi connectivity index (χ0) is 21.2. The molecule has 4 aromatic rings. The van der Waals surface area contributed by atoms with Crippen LogP contribution in [-0.4, -0.2) is 37.8 Å². The van der Waals surface area contributed by atoms with Gasteiger partial charge < -0.3 is 9.30 Å². The van der Waals surface area contributed by atoms with E-state index < -0.39 is 0 Å². The number of hydrogen-bond acceptors (Lipinski definition) is 3. The van der Waals surface area contributed by atoms with Crippen LogP contribution < -0.4 is 5.56 Å². The second-order valence-electron chi connectivity index (χ2n) is 8.33. The number of piperidine rings is 1. The number of aromatic nitrogens is 3. The van der Waals surface area contributed by atoms with Gasteiger partial charge in [-0.1, -0.05) is 30.3 Å². The van der Waals surface area contributed by atoms with Crippen molar-refractivity contribution < 1.29 is 4.79 Å². The highest BCUT2D eigenvalue weighted by atomic mass is 16.2. The predicted molar refractivity (Wildman–Crippen MR) is 121 cm³/mol. The predicted octanol–water partition coefficient (Wildman–Crippen LogP) is 3.52. The van der Waals surface area contributed by atoms with Gasteiger partial charge in [-0.2, -0.15) is 0 Å². The van der Waals surface area contributed by atoms with Crippen molar-refractivity contribution in [3.05, 3.63) is 82.9 Å². The summed E-state index contributed by atoms with van der Waals surface area (Å²) in [6, 6.07) is 18.0. The molecule has 0 unspecified atom stereocenters. The highest BCUT2D eigenvalue weighted by Gasteiger charge is 2.23. The Morgan fingerprint density at radius 3 is 2.55 bits per heavy atom. The molecule has 0 aliphatic carbocycles. The summed E-state index contributed by atoms with van der Waals surface area (Å²) in [5.74, 6) is 0.739. The van der Waals surface area contributed by atoms with Gasteiger partial charge in [0.05, 0.1) is 5.52 Å². The number of amides is 1. The molecule has 1 saturated heterocycles. The molecule has 0 atom stereocenters. The number of fused-ring (bicyclic) bond motifs is 3. The van der Waals surface area contributed by atoms with Crippen molar-refractivity contribution in [2.24, 2.45) is 5.92 Å². The van der Waals surface area contributed by atoms with Crippen molar-refractivity contribution >= 4 is 22.6 Å². The van der Waals surface area contributed by atoms with E-state index in [1.165, 1.54) is 5.56 Å². The minimum absolute atomic E-state index is 0.106. The second kappa shape index (κ2) is 8.38. The Hall–Kier alpha value is -3.41. The van der Waals surface area contributed by atoms with Gasteiger partial charge in [0.1, 0.15) is 5.52 Å². The zero-order valence-electron chi connectivity index (χ0n) is 17.5. The number of carbonyl (C=O) groups is 1. The van der Waals surface area contributed by atoms with E-state index in [9.17, 15) is 9.59 Å². The lowest BCUT2D eigenvalue weighted by Gasteiger charge is -2.32. The molecule has 1 fully saturated rings. The fourth-order valence-corrected chi connectivity index (χ4v) is 4.69. The molecular weight excluding hydrogens is 388 g/mol. The van der Waals surface area contributed by atoms with Crippen molar-refractivity contribution in [2.45, 2.75) is 32.2 Å². The van der Waals surface area contributed by atoms with Crippen molar-refractivity contribution in [3.8, 4) is 0 Å². The Morgan fingerprint density at radius 1 is 0.968 bits per heavy atom. The molecule has 1 aromatic carbocycles. The van der Waals surface area contributed by atoms with Gasteiger partial charge in [0.25, 0.3) is 5.56 Å². The summed E-state index contributed by atoms with van der Waals surface area (Å²) in [7, 11) is 0. The number of benzene rings is 1. The Balaban J connectivity index is 1.25. The van der Waals surface area contributed by atoms with E-state index in [1.807, 2.05) is 45.8 Å². The topological polar surface area (TPSA) is 59.6 Å². The van der Waals surface area contributed by atoms with Gasteiger partial charge in [0, 0.05) is 38.4 Å². The first kappa shape index (κ1) is 19.5. The van der Waals surface area contributed by atoms with Gasteiger partial charge >= 0.3 is 0 Å². The number of aryl methyl sites for hydroxylation is 1. The second-order valence-corrected chi connectivity index (χ2v) is 8.33. The van der Waals surface area contributed by atoms with Crippen LogP contribution in [0.25, 0.3) is 16.7 Å². The van der Waals surface area contributed by atoms with Crippen LogP contribution >= 0.6 is 0 Å². The number of nitrogens with zero attached hydrogens (tertiary/aromatic N) is 4. The van der Waals surface area contributed by atoms with E-state index in [2.05, 4.69) is 29.2 Å². The zero-order valence-corrected chi connectivity index (χ0v) is 17.5. The normalized spacial score (nSPS) is 15.0. The Kier molecular flexibility index (Phi) is 5.28. The molecule has 31 heavy (non-hydrogen) atoms. The Morgan fingerprint density at radius 2 is 1.74 bits per heavy atom. The molecule has 158 valence electrons. The summed E-state index contributed by atoms with van der Waals surface area (Å²) in [6.07, 6.45) is 7.00. The first-order valence-electron chi connectivity index (χ1n) is 11.0. The summed E-state index contributed by atoms with van der Waals surface area (Å²) in [5, 5.41) is 0. The first-order chi connectivity index (χ1) is 15.2. The summed E-state index contributed by atoms with van der Waals surface area (Å²) in [4.78, 5) is 32.3. The molecule has 0 spiro atoms. The van der Waals surface area contributed by atoms with E-state index in [0.717, 1.165) is 37.9 Å². The molecule has 6 heteroatoms. The van der Waals surface area contributed by atoms with E-state index in [0.29, 0.717) is 30.0 Å². The SMILES string of the molecule is O=C(CCn1c(=O)c2cccn2c2cccnc21)N1CCC(Cc2ccccc2)CC1. The lowest BCUT2D eigenvalue weighted by atomic mass is 9.90. The third kappa shape index (κ3) is 3.85. The van der Waals surface area contributed by atoms with Crippen LogP contribution in [0.1, 0.15) is 24.8 Å². The maximum atomic E-state index is 13.0. The monoisotopic (exact) mass is 414 g/mol. The summed E-state index contributed by atoms with van der Waals surface area (Å²) in [5.41, 5.74) is 3.36. The van der Waals surface area contributed by atoms with Crippen LogP contribution in [0.5, 0.6) is 0 Å². The minimum Gasteiger partial charge on any atom is -0.343 e. The van der Waals surface area contributed by atoms with Gasteiger partial charge in [0.15, 0.2) is 5.65 Å². The van der Waals surface area contributed by atoms with Crippen LogP contribution in [0.15, 0.2) is 71.8 Å². The molecule has 6 nitrogen and oxygen atoms in total. The third-order valence-electron chi connectivity index (χ3n) is 6.38. The van der Waals surface area contributed by atoms with Gasteiger partial charge in [0.2, 0.25) is 5.91 Å². The lowest BCUT2D eigenvalue weighted by Crippen LogP contribution is -2.39. The fourth-order valence-electron chi connectivity index (χ4n) is 4.69. The van der Waals surface area contributed by atoms with E-state index >= 15 is 0 Å². The summed E-state index contributed by atoms with van der Waals surface area (Å²) in [6.45, 7) is 1.93. The van der Waals surface area contributed by atoms with Crippen LogP contribution in [0, 0.1) is 5.92 Å². The number of rotatable bonds is 5. The smallest absolute Gasteiger partial charge is 0.276 e. The standard InChI is InChI=1S/C25H26N4O2/c30-23(27-15-10-20(11-16-27)18-19-6-2-1-3-7-19)12-17-29-24-21(8-4-13-26-24)28-14-5-9-22(28)25(29)31/h1-9,13-14,20H,10-12,15-18H2. The quantitative estimate of drug-likeness (QED) is 0.502. The molecule has 4 heterocycles. The van der Waals surface area contributed by atoms with Gasteiger partial charge in [-0.15, -0.1) is 0 Å². The average molecular weight is 415 g/mol. The highest BCUT2D eigenvalue weighted by Crippen LogP contribution is 2.22. The highest BCUT2D eigenvalue weighted by molar-refractivity contribution is 5.77. The molecular formula is C25H26N4O2. The van der Waals surface area contributed by atoms with E-state index in [4.69, 9.17) is 0 Å². The summed E-state index contributed by atoms with van der Waals surface area (Å²) < 4.78 is 3.51. The Labute approximate surface area is 180 Å². The molecule has 0 N–H and O–H groups in total.